The molecule has 1 fully saturated rings. The van der Waals surface area contributed by atoms with Crippen LogP contribution in [0.25, 0.3) is 0 Å². The van der Waals surface area contributed by atoms with E-state index in [1.54, 1.807) is 0 Å². The molecule has 0 saturated carbocycles. The van der Waals surface area contributed by atoms with E-state index in [4.69, 9.17) is 0 Å². The van der Waals surface area contributed by atoms with E-state index in [2.05, 4.69) is 28.4 Å². The summed E-state index contributed by atoms with van der Waals surface area (Å²) in [6.45, 7) is 5.38. The molecule has 0 aliphatic carbocycles. The molecule has 0 unspecified atom stereocenters. The summed E-state index contributed by atoms with van der Waals surface area (Å²) >= 11 is 4.12. The fourth-order valence-electron chi connectivity index (χ4n) is 1.03. The molecule has 0 atom stereocenters. The molecule has 0 bridgehead atoms. The first-order valence-corrected chi connectivity index (χ1v) is 4.37. The summed E-state index contributed by atoms with van der Waals surface area (Å²) in [5.74, 6) is 0.907. The van der Waals surface area contributed by atoms with Gasteiger partial charge in [-0.25, -0.2) is 5.01 Å². The average Bonchev–Trinajstić information content (AvgIpc) is 2.03. The van der Waals surface area contributed by atoms with E-state index in [-0.39, 0.29) is 0 Å². The summed E-state index contributed by atoms with van der Waals surface area (Å²) < 4.78 is 0. The van der Waals surface area contributed by atoms with E-state index < -0.39 is 0 Å². The molecule has 1 aliphatic heterocycles. The number of nitrogens with zero attached hydrogens (tertiary/aromatic N) is 1. The Labute approximate surface area is 67.5 Å². The molecule has 0 radical (unpaired) electrons. The highest BCUT2D eigenvalue weighted by atomic mass is 32.1. The van der Waals surface area contributed by atoms with Crippen LogP contribution in [0.4, 0.5) is 0 Å². The highest BCUT2D eigenvalue weighted by Crippen LogP contribution is 1.85. The van der Waals surface area contributed by atoms with Gasteiger partial charge in [-0.15, -0.1) is 0 Å². The number of nitrogens with one attached hydrogen (secondary N) is 2. The van der Waals surface area contributed by atoms with Crippen LogP contribution in [0.2, 0.25) is 0 Å². The lowest BCUT2D eigenvalue weighted by Gasteiger charge is -2.27. The van der Waals surface area contributed by atoms with Crippen molar-refractivity contribution in [3.63, 3.8) is 0 Å². The Balaban J connectivity index is 2.02. The highest BCUT2D eigenvalue weighted by molar-refractivity contribution is 7.80. The fourth-order valence-corrected chi connectivity index (χ4v) is 1.13. The molecule has 2 N–H and O–H groups in total. The Morgan fingerprint density at radius 2 is 2.10 bits per heavy atom. The Morgan fingerprint density at radius 1 is 1.40 bits per heavy atom. The third-order valence-corrected chi connectivity index (χ3v) is 1.79. The van der Waals surface area contributed by atoms with Gasteiger partial charge >= 0.3 is 0 Å². The van der Waals surface area contributed by atoms with Gasteiger partial charge in [-0.05, 0) is 0 Å². The number of hydrogen-bond acceptors (Lipinski definition) is 4. The molecule has 1 saturated heterocycles. The minimum absolute atomic E-state index is 0.907. The van der Waals surface area contributed by atoms with E-state index in [9.17, 15) is 0 Å². The Bertz CT molecular complexity index is 83.1. The molecule has 3 nitrogen and oxygen atoms in total. The van der Waals surface area contributed by atoms with Crippen molar-refractivity contribution in [2.45, 2.75) is 0 Å². The van der Waals surface area contributed by atoms with Crippen LogP contribution in [-0.2, 0) is 0 Å². The van der Waals surface area contributed by atoms with Gasteiger partial charge in [-0.2, -0.15) is 12.6 Å². The molecule has 1 rings (SSSR count). The molecule has 0 amide bonds. The van der Waals surface area contributed by atoms with Crippen LogP contribution in [0.15, 0.2) is 0 Å². The maximum Gasteiger partial charge on any atom is 0.0256 e. The smallest absolute Gasteiger partial charge is 0.0256 e. The lowest BCUT2D eigenvalue weighted by atomic mass is 10.4. The zero-order valence-corrected chi connectivity index (χ0v) is 7.03. The summed E-state index contributed by atoms with van der Waals surface area (Å²) in [5.41, 5.74) is 3.29. The number of piperazine rings is 1. The Kier molecular flexibility index (Phi) is 4.13. The summed E-state index contributed by atoms with van der Waals surface area (Å²) in [6.07, 6.45) is 0. The lowest BCUT2D eigenvalue weighted by Crippen LogP contribution is -2.50. The zero-order valence-electron chi connectivity index (χ0n) is 6.14. The number of thiol groups is 1. The predicted octanol–water partition coefficient (Wildman–Crippen LogP) is -0.674. The Hall–Kier alpha value is 0.230. The fraction of sp³-hybridized carbons (Fsp3) is 1.00. The quantitative estimate of drug-likeness (QED) is 0.479. The first-order valence-electron chi connectivity index (χ1n) is 3.73. The molecule has 4 heteroatoms. The molecule has 0 spiro atoms. The van der Waals surface area contributed by atoms with E-state index in [1.165, 1.54) is 0 Å². The summed E-state index contributed by atoms with van der Waals surface area (Å²) in [6, 6.07) is 0. The molecule has 10 heavy (non-hydrogen) atoms. The van der Waals surface area contributed by atoms with E-state index in [0.717, 1.165) is 38.5 Å². The van der Waals surface area contributed by atoms with Gasteiger partial charge in [0.05, 0.1) is 0 Å². The first-order chi connectivity index (χ1) is 4.93. The minimum atomic E-state index is 0.907. The summed E-state index contributed by atoms with van der Waals surface area (Å²) in [5, 5.41) is 5.53. The largest absolute Gasteiger partial charge is 0.314 e. The van der Waals surface area contributed by atoms with Gasteiger partial charge in [0.2, 0.25) is 0 Å². The van der Waals surface area contributed by atoms with Crippen molar-refractivity contribution in [3.8, 4) is 0 Å². The normalized spacial score (nSPS) is 21.3. The van der Waals surface area contributed by atoms with Gasteiger partial charge in [-0.3, -0.25) is 5.43 Å². The van der Waals surface area contributed by atoms with Crippen molar-refractivity contribution in [2.75, 3.05) is 38.5 Å². The van der Waals surface area contributed by atoms with Crippen LogP contribution in [0.3, 0.4) is 0 Å². The second-order valence-electron chi connectivity index (χ2n) is 2.37. The molecule has 1 heterocycles. The van der Waals surface area contributed by atoms with Crippen LogP contribution in [-0.4, -0.2) is 43.5 Å². The summed E-state index contributed by atoms with van der Waals surface area (Å²) in [4.78, 5) is 0. The SMILES string of the molecule is SCCNN1CCNCC1. The van der Waals surface area contributed by atoms with Crippen LogP contribution in [0.1, 0.15) is 0 Å². The summed E-state index contributed by atoms with van der Waals surface area (Å²) in [7, 11) is 0. The highest BCUT2D eigenvalue weighted by Gasteiger charge is 2.06. The van der Waals surface area contributed by atoms with Crippen molar-refractivity contribution in [3.05, 3.63) is 0 Å². The van der Waals surface area contributed by atoms with Crippen molar-refractivity contribution in [2.24, 2.45) is 0 Å². The molecular weight excluding hydrogens is 146 g/mol. The van der Waals surface area contributed by atoms with Crippen molar-refractivity contribution >= 4 is 12.6 Å². The van der Waals surface area contributed by atoms with Gasteiger partial charge in [0.1, 0.15) is 0 Å². The topological polar surface area (TPSA) is 27.3 Å². The molecular formula is C6H15N3S. The predicted molar refractivity (Wildman–Crippen MR) is 46.3 cm³/mol. The van der Waals surface area contributed by atoms with Gasteiger partial charge in [0, 0.05) is 38.5 Å². The third kappa shape index (κ3) is 2.88. The molecule has 0 aromatic heterocycles. The minimum Gasteiger partial charge on any atom is -0.314 e. The monoisotopic (exact) mass is 161 g/mol. The second-order valence-corrected chi connectivity index (χ2v) is 2.82. The number of hydrazine groups is 1. The molecule has 0 aromatic carbocycles. The number of rotatable bonds is 3. The zero-order chi connectivity index (χ0) is 7.23. The van der Waals surface area contributed by atoms with Gasteiger partial charge < -0.3 is 5.32 Å². The van der Waals surface area contributed by atoms with E-state index >= 15 is 0 Å². The molecule has 1 aliphatic rings. The lowest BCUT2D eigenvalue weighted by molar-refractivity contribution is 0.170. The van der Waals surface area contributed by atoms with E-state index in [0.29, 0.717) is 0 Å². The van der Waals surface area contributed by atoms with Gasteiger partial charge in [-0.1, -0.05) is 0 Å². The van der Waals surface area contributed by atoms with Crippen molar-refractivity contribution in [1.82, 2.24) is 15.8 Å². The van der Waals surface area contributed by atoms with Gasteiger partial charge in [0.25, 0.3) is 0 Å². The second kappa shape index (κ2) is 4.96. The Morgan fingerprint density at radius 3 is 2.70 bits per heavy atom. The van der Waals surface area contributed by atoms with Crippen molar-refractivity contribution < 1.29 is 0 Å². The maximum atomic E-state index is 4.12. The first kappa shape index (κ1) is 8.33. The standard InChI is InChI=1S/C6H15N3S/c10-6-3-8-9-4-1-7-2-5-9/h7-8,10H,1-6H2. The van der Waals surface area contributed by atoms with Crippen LogP contribution >= 0.6 is 12.6 Å². The van der Waals surface area contributed by atoms with E-state index in [1.807, 2.05) is 0 Å². The maximum absolute atomic E-state index is 4.12. The third-order valence-electron chi connectivity index (χ3n) is 1.56. The van der Waals surface area contributed by atoms with Crippen molar-refractivity contribution in [1.29, 1.82) is 0 Å². The molecule has 60 valence electrons. The number of hydrogen-bond donors (Lipinski definition) is 3. The van der Waals surface area contributed by atoms with Crippen LogP contribution in [0.5, 0.6) is 0 Å². The average molecular weight is 161 g/mol. The van der Waals surface area contributed by atoms with Crippen LogP contribution in [0, 0.1) is 0 Å². The van der Waals surface area contributed by atoms with Crippen LogP contribution < -0.4 is 10.7 Å². The molecule has 0 aromatic rings. The van der Waals surface area contributed by atoms with Gasteiger partial charge in [0.15, 0.2) is 0 Å².